The lowest BCUT2D eigenvalue weighted by molar-refractivity contribution is -0.407. The maximum atomic E-state index is 8.60. The van der Waals surface area contributed by atoms with Crippen LogP contribution in [0.1, 0.15) is 13.3 Å². The van der Waals surface area contributed by atoms with E-state index in [2.05, 4.69) is 0 Å². The fraction of sp³-hybridized carbons (Fsp3) is 1.00. The molecule has 0 saturated carbocycles. The van der Waals surface area contributed by atoms with E-state index in [1.807, 2.05) is 0 Å². The van der Waals surface area contributed by atoms with Gasteiger partial charge in [0.1, 0.15) is 5.88 Å². The molecule has 0 aromatic carbocycles. The average Bonchev–Trinajstić information content (AvgIpc) is 2.59. The predicted octanol–water partition coefficient (Wildman–Crippen LogP) is 1.21. The topological polar surface area (TPSA) is 57.2 Å². The van der Waals surface area contributed by atoms with Crippen LogP contribution in [0, 0.1) is 0 Å². The first-order chi connectivity index (χ1) is 7.10. The Hall–Kier alpha value is 0.380. The van der Waals surface area contributed by atoms with E-state index in [-0.39, 0.29) is 25.0 Å². The SMILES string of the molecule is C[C@]1(CCl)OO[C@@](CCl)(OCCCO)O1. The third-order valence-corrected chi connectivity index (χ3v) is 2.56. The summed E-state index contributed by atoms with van der Waals surface area (Å²) in [7, 11) is 0. The van der Waals surface area contributed by atoms with Crippen molar-refractivity contribution in [2.45, 2.75) is 25.1 Å². The lowest BCUT2D eigenvalue weighted by Gasteiger charge is -2.24. The van der Waals surface area contributed by atoms with E-state index in [4.69, 9.17) is 47.6 Å². The Morgan fingerprint density at radius 2 is 2.00 bits per heavy atom. The zero-order valence-electron chi connectivity index (χ0n) is 8.37. The van der Waals surface area contributed by atoms with Crippen molar-refractivity contribution >= 4 is 23.2 Å². The molecule has 1 N–H and O–H groups in total. The van der Waals surface area contributed by atoms with Gasteiger partial charge in [0.05, 0.1) is 12.5 Å². The van der Waals surface area contributed by atoms with Crippen LogP contribution >= 0.6 is 23.2 Å². The first-order valence-electron chi connectivity index (χ1n) is 4.53. The third-order valence-electron chi connectivity index (χ3n) is 1.75. The van der Waals surface area contributed by atoms with Crippen LogP contribution < -0.4 is 0 Å². The standard InChI is InChI=1S/C8H14Cl2O5/c1-7(5-9)13-8(6-10,15-14-7)12-4-2-3-11/h11H,2-6H2,1H3/t7-,8+/m1/s1. The molecule has 15 heavy (non-hydrogen) atoms. The molecule has 1 rings (SSSR count). The van der Waals surface area contributed by atoms with Gasteiger partial charge in [-0.15, -0.1) is 23.2 Å². The normalized spacial score (nSPS) is 36.0. The van der Waals surface area contributed by atoms with E-state index in [1.54, 1.807) is 6.92 Å². The van der Waals surface area contributed by atoms with Gasteiger partial charge in [0.25, 0.3) is 0 Å². The average molecular weight is 261 g/mol. The number of halogens is 2. The van der Waals surface area contributed by atoms with Gasteiger partial charge in [-0.05, 0) is 13.3 Å². The van der Waals surface area contributed by atoms with Gasteiger partial charge in [-0.1, -0.05) is 0 Å². The molecular formula is C8H14Cl2O5. The van der Waals surface area contributed by atoms with E-state index in [0.717, 1.165) is 0 Å². The number of aliphatic hydroxyl groups is 1. The fourth-order valence-corrected chi connectivity index (χ4v) is 1.27. The number of ether oxygens (including phenoxy) is 2. The van der Waals surface area contributed by atoms with Crippen LogP contribution in [0.2, 0.25) is 0 Å². The number of alkyl halides is 2. The summed E-state index contributed by atoms with van der Waals surface area (Å²) in [5.74, 6) is -2.45. The van der Waals surface area contributed by atoms with Crippen molar-refractivity contribution in [3.05, 3.63) is 0 Å². The minimum atomic E-state index is -1.43. The molecule has 2 atom stereocenters. The largest absolute Gasteiger partial charge is 0.396 e. The Morgan fingerprint density at radius 3 is 2.47 bits per heavy atom. The molecule has 0 unspecified atom stereocenters. The summed E-state index contributed by atoms with van der Waals surface area (Å²) in [5, 5.41) is 8.60. The Morgan fingerprint density at radius 1 is 1.27 bits per heavy atom. The Kier molecular flexibility index (Phi) is 5.05. The van der Waals surface area contributed by atoms with E-state index in [0.29, 0.717) is 6.42 Å². The van der Waals surface area contributed by atoms with Crippen molar-refractivity contribution in [3.8, 4) is 0 Å². The second kappa shape index (κ2) is 5.63. The first kappa shape index (κ1) is 13.4. The van der Waals surface area contributed by atoms with Gasteiger partial charge in [-0.2, -0.15) is 9.78 Å². The molecule has 1 aliphatic heterocycles. The quantitative estimate of drug-likeness (QED) is 0.442. The number of aliphatic hydroxyl groups excluding tert-OH is 1. The molecule has 1 aliphatic rings. The van der Waals surface area contributed by atoms with Gasteiger partial charge in [0.15, 0.2) is 0 Å². The fourth-order valence-electron chi connectivity index (χ4n) is 0.998. The Labute approximate surface area is 98.1 Å². The highest BCUT2D eigenvalue weighted by Crippen LogP contribution is 2.35. The van der Waals surface area contributed by atoms with Crippen LogP contribution in [-0.2, 0) is 19.2 Å². The molecule has 1 heterocycles. The van der Waals surface area contributed by atoms with E-state index in [9.17, 15) is 0 Å². The molecule has 90 valence electrons. The van der Waals surface area contributed by atoms with Gasteiger partial charge in [-0.3, -0.25) is 4.74 Å². The van der Waals surface area contributed by atoms with Gasteiger partial charge < -0.3 is 9.84 Å². The molecule has 1 fully saturated rings. The lowest BCUT2D eigenvalue weighted by Crippen LogP contribution is -2.40. The number of hydrogen-bond donors (Lipinski definition) is 1. The van der Waals surface area contributed by atoms with Crippen molar-refractivity contribution in [1.29, 1.82) is 0 Å². The summed E-state index contributed by atoms with van der Waals surface area (Å²) < 4.78 is 10.6. The predicted molar refractivity (Wildman–Crippen MR) is 53.5 cm³/mol. The maximum Gasteiger partial charge on any atom is 0.328 e. The summed E-state index contributed by atoms with van der Waals surface area (Å²) in [6.45, 7) is 1.89. The highest BCUT2D eigenvalue weighted by molar-refractivity contribution is 6.18. The highest BCUT2D eigenvalue weighted by Gasteiger charge is 2.51. The molecule has 0 aliphatic carbocycles. The molecule has 7 heteroatoms. The molecule has 0 bridgehead atoms. The van der Waals surface area contributed by atoms with Crippen molar-refractivity contribution in [2.24, 2.45) is 0 Å². The second-order valence-corrected chi connectivity index (χ2v) is 3.81. The summed E-state index contributed by atoms with van der Waals surface area (Å²) in [6, 6.07) is 0. The van der Waals surface area contributed by atoms with Crippen molar-refractivity contribution in [3.63, 3.8) is 0 Å². The van der Waals surface area contributed by atoms with Gasteiger partial charge >= 0.3 is 5.97 Å². The molecule has 0 spiro atoms. The van der Waals surface area contributed by atoms with Gasteiger partial charge in [-0.25, -0.2) is 0 Å². The number of rotatable bonds is 6. The van der Waals surface area contributed by atoms with E-state index >= 15 is 0 Å². The van der Waals surface area contributed by atoms with Crippen molar-refractivity contribution < 1.29 is 24.4 Å². The smallest absolute Gasteiger partial charge is 0.328 e. The summed E-state index contributed by atoms with van der Waals surface area (Å²) in [4.78, 5) is 9.80. The van der Waals surface area contributed by atoms with Crippen LogP contribution in [0.15, 0.2) is 0 Å². The van der Waals surface area contributed by atoms with Crippen LogP contribution in [0.4, 0.5) is 0 Å². The molecule has 0 aromatic heterocycles. The highest BCUT2D eigenvalue weighted by atomic mass is 35.5. The summed E-state index contributed by atoms with van der Waals surface area (Å²) >= 11 is 11.3. The van der Waals surface area contributed by atoms with Crippen LogP contribution in [0.3, 0.4) is 0 Å². The summed E-state index contributed by atoms with van der Waals surface area (Å²) in [6.07, 6.45) is 0.461. The molecule has 0 aromatic rings. The third kappa shape index (κ3) is 3.42. The molecule has 0 radical (unpaired) electrons. The lowest BCUT2D eigenvalue weighted by atomic mass is 10.4. The molecule has 1 saturated heterocycles. The van der Waals surface area contributed by atoms with Crippen molar-refractivity contribution in [1.82, 2.24) is 0 Å². The minimum Gasteiger partial charge on any atom is -0.396 e. The maximum absolute atomic E-state index is 8.60. The second-order valence-electron chi connectivity index (χ2n) is 3.28. The van der Waals surface area contributed by atoms with E-state index in [1.165, 1.54) is 0 Å². The molecule has 5 nitrogen and oxygen atoms in total. The zero-order chi connectivity index (χ0) is 11.4. The molecular weight excluding hydrogens is 247 g/mol. The summed E-state index contributed by atoms with van der Waals surface area (Å²) in [5.41, 5.74) is 0. The van der Waals surface area contributed by atoms with E-state index < -0.39 is 11.8 Å². The Bertz CT molecular complexity index is 205. The van der Waals surface area contributed by atoms with Crippen LogP contribution in [0.5, 0.6) is 0 Å². The minimum absolute atomic E-state index is 0.0198. The zero-order valence-corrected chi connectivity index (χ0v) is 9.88. The Balaban J connectivity index is 2.49. The monoisotopic (exact) mass is 260 g/mol. The van der Waals surface area contributed by atoms with Crippen LogP contribution in [-0.4, -0.2) is 41.8 Å². The van der Waals surface area contributed by atoms with Gasteiger partial charge in [0.2, 0.25) is 5.79 Å². The van der Waals surface area contributed by atoms with Gasteiger partial charge in [0, 0.05) is 6.61 Å². The molecule has 0 amide bonds. The van der Waals surface area contributed by atoms with Crippen molar-refractivity contribution in [2.75, 3.05) is 25.0 Å². The van der Waals surface area contributed by atoms with Crippen LogP contribution in [0.25, 0.3) is 0 Å². The number of hydrogen-bond acceptors (Lipinski definition) is 5. The first-order valence-corrected chi connectivity index (χ1v) is 5.60.